The summed E-state index contributed by atoms with van der Waals surface area (Å²) in [5.74, 6) is 0.757. The smallest absolute Gasteiger partial charge is 0.227 e. The van der Waals surface area contributed by atoms with E-state index < -0.39 is 0 Å². The Labute approximate surface area is 134 Å². The Bertz CT molecular complexity index is 588. The van der Waals surface area contributed by atoms with E-state index in [1.54, 1.807) is 0 Å². The second-order valence-corrected chi connectivity index (χ2v) is 8.29. The summed E-state index contributed by atoms with van der Waals surface area (Å²) in [6, 6.07) is 6.93. The normalized spacial score (nSPS) is 25.0. The van der Waals surface area contributed by atoms with Crippen LogP contribution in [0.15, 0.2) is 18.2 Å². The van der Waals surface area contributed by atoms with Crippen molar-refractivity contribution in [3.63, 3.8) is 0 Å². The van der Waals surface area contributed by atoms with E-state index >= 15 is 0 Å². The number of rotatable bonds is 1. The fourth-order valence-corrected chi connectivity index (χ4v) is 3.94. The third-order valence-corrected chi connectivity index (χ3v) is 4.90. The van der Waals surface area contributed by atoms with Gasteiger partial charge in [0, 0.05) is 30.6 Å². The summed E-state index contributed by atoms with van der Waals surface area (Å²) in [4.78, 5) is 17.5. The summed E-state index contributed by atoms with van der Waals surface area (Å²) < 4.78 is 0. The lowest BCUT2D eigenvalue weighted by molar-refractivity contribution is -0.120. The van der Waals surface area contributed by atoms with Gasteiger partial charge >= 0.3 is 0 Å². The molecule has 2 aliphatic heterocycles. The Balaban J connectivity index is 1.98. The Morgan fingerprint density at radius 3 is 2.73 bits per heavy atom. The van der Waals surface area contributed by atoms with E-state index in [1.165, 1.54) is 11.1 Å². The van der Waals surface area contributed by atoms with Crippen molar-refractivity contribution in [2.45, 2.75) is 52.5 Å². The molecule has 3 rings (SSSR count). The SMILES string of the molecule is Cc1ccc2c(c1)[C@@H]1CN(C)CC[C@@H]1N2C(=O)CC(C)(C)C. The number of hydrogen-bond acceptors (Lipinski definition) is 2. The molecule has 1 fully saturated rings. The molecule has 1 aromatic rings. The largest absolute Gasteiger partial charge is 0.308 e. The number of piperidine rings is 1. The van der Waals surface area contributed by atoms with Crippen LogP contribution in [0.3, 0.4) is 0 Å². The van der Waals surface area contributed by atoms with Crippen LogP contribution in [0.2, 0.25) is 0 Å². The van der Waals surface area contributed by atoms with Crippen molar-refractivity contribution < 1.29 is 4.79 Å². The van der Waals surface area contributed by atoms with E-state index in [2.05, 4.69) is 62.7 Å². The fraction of sp³-hybridized carbons (Fsp3) is 0.632. The molecule has 1 amide bonds. The van der Waals surface area contributed by atoms with Crippen molar-refractivity contribution in [3.8, 4) is 0 Å². The molecule has 1 saturated heterocycles. The van der Waals surface area contributed by atoms with Crippen LogP contribution in [0.1, 0.15) is 50.7 Å². The summed E-state index contributed by atoms with van der Waals surface area (Å²) in [5.41, 5.74) is 3.85. The lowest BCUT2D eigenvalue weighted by Crippen LogP contribution is -2.47. The topological polar surface area (TPSA) is 23.6 Å². The maximum absolute atomic E-state index is 13.0. The Hall–Kier alpha value is -1.35. The van der Waals surface area contributed by atoms with Crippen molar-refractivity contribution in [2.24, 2.45) is 5.41 Å². The number of amides is 1. The molecule has 1 aromatic carbocycles. The van der Waals surface area contributed by atoms with E-state index in [0.29, 0.717) is 18.4 Å². The first kappa shape index (κ1) is 15.5. The first-order valence-corrected chi connectivity index (χ1v) is 8.37. The van der Waals surface area contributed by atoms with E-state index in [-0.39, 0.29) is 11.3 Å². The maximum atomic E-state index is 13.0. The highest BCUT2D eigenvalue weighted by Crippen LogP contribution is 2.45. The van der Waals surface area contributed by atoms with Gasteiger partial charge in [0.15, 0.2) is 0 Å². The first-order chi connectivity index (χ1) is 10.3. The number of hydrogen-bond donors (Lipinski definition) is 0. The molecule has 0 spiro atoms. The third-order valence-electron chi connectivity index (χ3n) is 4.90. The number of likely N-dealkylation sites (N-methyl/N-ethyl adjacent to an activating group) is 1. The van der Waals surface area contributed by atoms with Crippen molar-refractivity contribution in [1.29, 1.82) is 0 Å². The molecule has 0 aromatic heterocycles. The Morgan fingerprint density at radius 1 is 1.32 bits per heavy atom. The van der Waals surface area contributed by atoms with Gasteiger partial charge in [-0.2, -0.15) is 0 Å². The molecule has 3 nitrogen and oxygen atoms in total. The van der Waals surface area contributed by atoms with Gasteiger partial charge in [-0.15, -0.1) is 0 Å². The fourth-order valence-electron chi connectivity index (χ4n) is 3.94. The number of fused-ring (bicyclic) bond motifs is 3. The number of nitrogens with zero attached hydrogens (tertiary/aromatic N) is 2. The predicted octanol–water partition coefficient (Wildman–Crippen LogP) is 3.57. The van der Waals surface area contributed by atoms with Crippen LogP contribution in [0.4, 0.5) is 5.69 Å². The molecule has 0 radical (unpaired) electrons. The van der Waals surface area contributed by atoms with Gasteiger partial charge in [-0.25, -0.2) is 0 Å². The molecular weight excluding hydrogens is 272 g/mol. The van der Waals surface area contributed by atoms with Crippen LogP contribution in [0, 0.1) is 12.3 Å². The van der Waals surface area contributed by atoms with Crippen LogP contribution in [0.5, 0.6) is 0 Å². The molecule has 120 valence electrons. The van der Waals surface area contributed by atoms with Gasteiger partial charge in [0.2, 0.25) is 5.91 Å². The molecular formula is C19H28N2O. The minimum Gasteiger partial charge on any atom is -0.308 e. The minimum absolute atomic E-state index is 0.0332. The average Bonchev–Trinajstić information content (AvgIpc) is 2.70. The molecule has 2 heterocycles. The van der Waals surface area contributed by atoms with Crippen molar-refractivity contribution in [1.82, 2.24) is 4.90 Å². The van der Waals surface area contributed by atoms with E-state index in [4.69, 9.17) is 0 Å². The zero-order valence-electron chi connectivity index (χ0n) is 14.5. The molecule has 0 bridgehead atoms. The van der Waals surface area contributed by atoms with Gasteiger partial charge in [0.1, 0.15) is 0 Å². The highest BCUT2D eigenvalue weighted by molar-refractivity contribution is 5.97. The van der Waals surface area contributed by atoms with Gasteiger partial charge in [-0.05, 0) is 44.0 Å². The molecule has 22 heavy (non-hydrogen) atoms. The van der Waals surface area contributed by atoms with E-state index in [9.17, 15) is 4.79 Å². The minimum atomic E-state index is 0.0332. The zero-order chi connectivity index (χ0) is 16.1. The van der Waals surface area contributed by atoms with Crippen LogP contribution in [-0.4, -0.2) is 37.0 Å². The molecule has 2 atom stereocenters. The molecule has 2 aliphatic rings. The summed E-state index contributed by atoms with van der Waals surface area (Å²) in [7, 11) is 2.19. The monoisotopic (exact) mass is 300 g/mol. The second-order valence-electron chi connectivity index (χ2n) is 8.29. The molecule has 0 saturated carbocycles. The average molecular weight is 300 g/mol. The summed E-state index contributed by atoms with van der Waals surface area (Å²) >= 11 is 0. The van der Waals surface area contributed by atoms with Crippen molar-refractivity contribution >= 4 is 11.6 Å². The van der Waals surface area contributed by atoms with Crippen LogP contribution in [-0.2, 0) is 4.79 Å². The van der Waals surface area contributed by atoms with Crippen LogP contribution < -0.4 is 4.90 Å². The lowest BCUT2D eigenvalue weighted by Gasteiger charge is -2.37. The molecule has 0 unspecified atom stereocenters. The third kappa shape index (κ3) is 2.79. The predicted molar refractivity (Wildman–Crippen MR) is 91.4 cm³/mol. The number of anilines is 1. The van der Waals surface area contributed by atoms with Gasteiger partial charge in [0.05, 0.1) is 0 Å². The quantitative estimate of drug-likeness (QED) is 0.791. The molecule has 0 aliphatic carbocycles. The van der Waals surface area contributed by atoms with E-state index in [1.807, 2.05) is 0 Å². The Morgan fingerprint density at radius 2 is 2.05 bits per heavy atom. The van der Waals surface area contributed by atoms with Crippen molar-refractivity contribution in [2.75, 3.05) is 25.0 Å². The maximum Gasteiger partial charge on any atom is 0.227 e. The summed E-state index contributed by atoms with van der Waals surface area (Å²) in [6.07, 6.45) is 1.68. The van der Waals surface area contributed by atoms with Crippen LogP contribution in [0.25, 0.3) is 0 Å². The van der Waals surface area contributed by atoms with Crippen molar-refractivity contribution in [3.05, 3.63) is 29.3 Å². The summed E-state index contributed by atoms with van der Waals surface area (Å²) in [5, 5.41) is 0. The first-order valence-electron chi connectivity index (χ1n) is 8.37. The number of carbonyl (C=O) groups excluding carboxylic acids is 1. The van der Waals surface area contributed by atoms with Gasteiger partial charge in [-0.1, -0.05) is 38.5 Å². The molecule has 0 N–H and O–H groups in total. The Kier molecular flexibility index (Phi) is 3.80. The molecule has 3 heteroatoms. The van der Waals surface area contributed by atoms with Gasteiger partial charge in [0.25, 0.3) is 0 Å². The zero-order valence-corrected chi connectivity index (χ0v) is 14.5. The number of benzene rings is 1. The van der Waals surface area contributed by atoms with Gasteiger partial charge < -0.3 is 9.80 Å². The van der Waals surface area contributed by atoms with Crippen LogP contribution >= 0.6 is 0 Å². The number of aryl methyl sites for hydroxylation is 1. The number of carbonyl (C=O) groups is 1. The second kappa shape index (κ2) is 5.38. The highest BCUT2D eigenvalue weighted by atomic mass is 16.2. The summed E-state index contributed by atoms with van der Waals surface area (Å²) in [6.45, 7) is 10.7. The van der Waals surface area contributed by atoms with E-state index in [0.717, 1.165) is 25.2 Å². The lowest BCUT2D eigenvalue weighted by atomic mass is 9.88. The van der Waals surface area contributed by atoms with Gasteiger partial charge in [-0.3, -0.25) is 4.79 Å². The highest BCUT2D eigenvalue weighted by Gasteiger charge is 2.44. The standard InChI is InChI=1S/C19H28N2O/c1-13-6-7-16-14(10-13)15-12-20(5)9-8-17(15)21(16)18(22)11-19(2,3)4/h6-7,10,15,17H,8-9,11-12H2,1-5H3/t15-,17-/m0/s1. The number of likely N-dealkylation sites (tertiary alicyclic amines) is 1.